The number of rotatable bonds is 6. The summed E-state index contributed by atoms with van der Waals surface area (Å²) in [6, 6.07) is 16.7. The summed E-state index contributed by atoms with van der Waals surface area (Å²) in [4.78, 5) is 12.1. The molecular formula is C17H20N2O2. The Morgan fingerprint density at radius 2 is 1.86 bits per heavy atom. The summed E-state index contributed by atoms with van der Waals surface area (Å²) in [6.07, 6.45) is 0.518. The van der Waals surface area contributed by atoms with Crippen LogP contribution in [0.2, 0.25) is 0 Å². The van der Waals surface area contributed by atoms with E-state index in [0.717, 1.165) is 16.8 Å². The standard InChI is InChI=1S/C17H20N2O2/c1-21-12-14-8-5-9-15(10-14)19-17(20)16(18)11-13-6-3-2-4-7-13/h2-10,16H,11-12,18H2,1H3,(H,19,20)/t16-/m1/s1. The Hall–Kier alpha value is -2.17. The Balaban J connectivity index is 1.95. The summed E-state index contributed by atoms with van der Waals surface area (Å²) in [6.45, 7) is 0.514. The van der Waals surface area contributed by atoms with Gasteiger partial charge in [-0.25, -0.2) is 0 Å². The highest BCUT2D eigenvalue weighted by Crippen LogP contribution is 2.12. The molecule has 0 aliphatic rings. The SMILES string of the molecule is COCc1cccc(NC(=O)[C@H](N)Cc2ccccc2)c1. The number of methoxy groups -OCH3 is 1. The number of hydrogen-bond donors (Lipinski definition) is 2. The van der Waals surface area contributed by atoms with E-state index in [1.165, 1.54) is 0 Å². The zero-order valence-electron chi connectivity index (χ0n) is 12.1. The highest BCUT2D eigenvalue weighted by Gasteiger charge is 2.14. The third kappa shape index (κ3) is 4.70. The lowest BCUT2D eigenvalue weighted by Crippen LogP contribution is -2.37. The van der Waals surface area contributed by atoms with Crippen molar-refractivity contribution in [2.24, 2.45) is 5.73 Å². The number of nitrogens with two attached hydrogens (primary N) is 1. The Labute approximate surface area is 124 Å². The van der Waals surface area contributed by atoms with Crippen molar-refractivity contribution in [2.75, 3.05) is 12.4 Å². The Kier molecular flexibility index (Phi) is 5.49. The van der Waals surface area contributed by atoms with Crippen LogP contribution in [-0.2, 0) is 22.6 Å². The van der Waals surface area contributed by atoms with Gasteiger partial charge in [0.15, 0.2) is 0 Å². The number of hydrogen-bond acceptors (Lipinski definition) is 3. The third-order valence-corrected chi connectivity index (χ3v) is 3.14. The number of carbonyl (C=O) groups is 1. The van der Waals surface area contributed by atoms with E-state index in [2.05, 4.69) is 5.32 Å². The van der Waals surface area contributed by atoms with Crippen molar-refractivity contribution in [3.8, 4) is 0 Å². The molecule has 110 valence electrons. The van der Waals surface area contributed by atoms with E-state index in [-0.39, 0.29) is 5.91 Å². The van der Waals surface area contributed by atoms with Crippen molar-refractivity contribution in [1.29, 1.82) is 0 Å². The molecule has 0 saturated heterocycles. The molecule has 2 aromatic rings. The van der Waals surface area contributed by atoms with Crippen LogP contribution in [0.15, 0.2) is 54.6 Å². The minimum atomic E-state index is -0.571. The number of nitrogens with one attached hydrogen (secondary N) is 1. The first-order valence-corrected chi connectivity index (χ1v) is 6.87. The normalized spacial score (nSPS) is 11.9. The van der Waals surface area contributed by atoms with Crippen molar-refractivity contribution >= 4 is 11.6 Å². The van der Waals surface area contributed by atoms with Gasteiger partial charge in [0.1, 0.15) is 0 Å². The molecule has 0 unspecified atom stereocenters. The predicted octanol–water partition coefficient (Wildman–Crippen LogP) is 2.34. The number of amides is 1. The Morgan fingerprint density at radius 1 is 1.14 bits per heavy atom. The minimum absolute atomic E-state index is 0.187. The van der Waals surface area contributed by atoms with Gasteiger partial charge in [-0.05, 0) is 29.7 Å². The summed E-state index contributed by atoms with van der Waals surface area (Å²) in [5, 5.41) is 2.84. The number of carbonyl (C=O) groups excluding carboxylic acids is 1. The summed E-state index contributed by atoms with van der Waals surface area (Å²) >= 11 is 0. The van der Waals surface area contributed by atoms with Crippen molar-refractivity contribution in [3.63, 3.8) is 0 Å². The molecule has 0 aliphatic carbocycles. The van der Waals surface area contributed by atoms with Gasteiger partial charge < -0.3 is 15.8 Å². The smallest absolute Gasteiger partial charge is 0.241 e. The summed E-state index contributed by atoms with van der Waals surface area (Å²) in [5.74, 6) is -0.187. The number of ether oxygens (including phenoxy) is 1. The van der Waals surface area contributed by atoms with Gasteiger partial charge in [0.2, 0.25) is 5.91 Å². The maximum absolute atomic E-state index is 12.1. The van der Waals surface area contributed by atoms with E-state index in [9.17, 15) is 4.79 Å². The highest BCUT2D eigenvalue weighted by molar-refractivity contribution is 5.94. The Morgan fingerprint density at radius 3 is 2.57 bits per heavy atom. The van der Waals surface area contributed by atoms with Gasteiger partial charge in [-0.15, -0.1) is 0 Å². The second kappa shape index (κ2) is 7.57. The quantitative estimate of drug-likeness (QED) is 0.855. The molecule has 3 N–H and O–H groups in total. The molecule has 0 radical (unpaired) electrons. The van der Waals surface area contributed by atoms with Gasteiger partial charge in [-0.3, -0.25) is 4.79 Å². The van der Waals surface area contributed by atoms with Crippen LogP contribution in [0, 0.1) is 0 Å². The van der Waals surface area contributed by atoms with Crippen LogP contribution in [0.5, 0.6) is 0 Å². The molecule has 0 heterocycles. The first-order valence-electron chi connectivity index (χ1n) is 6.87. The van der Waals surface area contributed by atoms with Gasteiger partial charge >= 0.3 is 0 Å². The maximum Gasteiger partial charge on any atom is 0.241 e. The molecule has 0 saturated carbocycles. The van der Waals surface area contributed by atoms with E-state index in [1.54, 1.807) is 7.11 Å². The lowest BCUT2D eigenvalue weighted by atomic mass is 10.1. The van der Waals surface area contributed by atoms with Crippen LogP contribution in [-0.4, -0.2) is 19.1 Å². The third-order valence-electron chi connectivity index (χ3n) is 3.14. The van der Waals surface area contributed by atoms with Crippen molar-refractivity contribution < 1.29 is 9.53 Å². The number of anilines is 1. The van der Waals surface area contributed by atoms with Crippen LogP contribution >= 0.6 is 0 Å². The molecule has 2 rings (SSSR count). The van der Waals surface area contributed by atoms with Crippen LogP contribution in [0.25, 0.3) is 0 Å². The molecule has 1 atom stereocenters. The van der Waals surface area contributed by atoms with Gasteiger partial charge in [-0.1, -0.05) is 42.5 Å². The van der Waals surface area contributed by atoms with Gasteiger partial charge in [0, 0.05) is 12.8 Å². The van der Waals surface area contributed by atoms with E-state index in [4.69, 9.17) is 10.5 Å². The monoisotopic (exact) mass is 284 g/mol. The summed E-state index contributed by atoms with van der Waals surface area (Å²) < 4.78 is 5.08. The lowest BCUT2D eigenvalue weighted by molar-refractivity contribution is -0.117. The predicted molar refractivity (Wildman–Crippen MR) is 83.9 cm³/mol. The molecule has 0 bridgehead atoms. The molecule has 2 aromatic carbocycles. The van der Waals surface area contributed by atoms with E-state index in [0.29, 0.717) is 13.0 Å². The summed E-state index contributed by atoms with van der Waals surface area (Å²) in [7, 11) is 1.64. The fraction of sp³-hybridized carbons (Fsp3) is 0.235. The summed E-state index contributed by atoms with van der Waals surface area (Å²) in [5.41, 5.74) is 8.75. The van der Waals surface area contributed by atoms with Gasteiger partial charge in [-0.2, -0.15) is 0 Å². The van der Waals surface area contributed by atoms with E-state index >= 15 is 0 Å². The zero-order valence-corrected chi connectivity index (χ0v) is 12.1. The molecule has 21 heavy (non-hydrogen) atoms. The minimum Gasteiger partial charge on any atom is -0.380 e. The van der Waals surface area contributed by atoms with Crippen LogP contribution in [0.1, 0.15) is 11.1 Å². The van der Waals surface area contributed by atoms with Crippen molar-refractivity contribution in [3.05, 3.63) is 65.7 Å². The maximum atomic E-state index is 12.1. The van der Waals surface area contributed by atoms with Gasteiger partial charge in [0.05, 0.1) is 12.6 Å². The molecule has 0 spiro atoms. The van der Waals surface area contributed by atoms with E-state index in [1.807, 2.05) is 54.6 Å². The number of benzene rings is 2. The van der Waals surface area contributed by atoms with Crippen LogP contribution < -0.4 is 11.1 Å². The second-order valence-corrected chi connectivity index (χ2v) is 4.92. The van der Waals surface area contributed by atoms with Crippen LogP contribution in [0.4, 0.5) is 5.69 Å². The largest absolute Gasteiger partial charge is 0.380 e. The molecule has 0 aromatic heterocycles. The molecule has 4 heteroatoms. The fourth-order valence-electron chi connectivity index (χ4n) is 2.10. The molecular weight excluding hydrogens is 264 g/mol. The zero-order chi connectivity index (χ0) is 15.1. The first-order chi connectivity index (χ1) is 10.2. The van der Waals surface area contributed by atoms with Crippen molar-refractivity contribution in [2.45, 2.75) is 19.1 Å². The molecule has 1 amide bonds. The molecule has 0 fully saturated rings. The average molecular weight is 284 g/mol. The fourth-order valence-corrected chi connectivity index (χ4v) is 2.10. The second-order valence-electron chi connectivity index (χ2n) is 4.92. The molecule has 0 aliphatic heterocycles. The first kappa shape index (κ1) is 15.2. The van der Waals surface area contributed by atoms with Crippen LogP contribution in [0.3, 0.4) is 0 Å². The van der Waals surface area contributed by atoms with Crippen molar-refractivity contribution in [1.82, 2.24) is 0 Å². The topological polar surface area (TPSA) is 64.3 Å². The Bertz CT molecular complexity index is 584. The van der Waals surface area contributed by atoms with E-state index < -0.39 is 6.04 Å². The average Bonchev–Trinajstić information content (AvgIpc) is 2.49. The lowest BCUT2D eigenvalue weighted by Gasteiger charge is -2.13. The molecule has 4 nitrogen and oxygen atoms in total. The highest BCUT2D eigenvalue weighted by atomic mass is 16.5. The van der Waals surface area contributed by atoms with Gasteiger partial charge in [0.25, 0.3) is 0 Å².